The van der Waals surface area contributed by atoms with Crippen LogP contribution in [-0.4, -0.2) is 62.1 Å². The molecule has 0 saturated carbocycles. The molecule has 32 heavy (non-hydrogen) atoms. The third-order valence-electron chi connectivity index (χ3n) is 4.85. The van der Waals surface area contributed by atoms with Gasteiger partial charge < -0.3 is 19.9 Å². The van der Waals surface area contributed by atoms with Crippen LogP contribution in [0.3, 0.4) is 0 Å². The molecule has 0 amide bonds. The molecule has 2 aromatic rings. The highest BCUT2D eigenvalue weighted by molar-refractivity contribution is 5.75. The number of anilines is 1. The summed E-state index contributed by atoms with van der Waals surface area (Å²) in [6.45, 7) is 10.2. The van der Waals surface area contributed by atoms with Gasteiger partial charge in [-0.15, -0.1) is 0 Å². The van der Waals surface area contributed by atoms with E-state index in [0.29, 0.717) is 24.3 Å². The SMILES string of the molecule is CCn1c(=O)c2c(nc(N3CCNCC3)n2CC=C(C)C)n(C)c1=O.O=C(O)C(F)(F)F. The highest BCUT2D eigenvalue weighted by Crippen LogP contribution is 2.20. The van der Waals surface area contributed by atoms with Crippen LogP contribution in [0.25, 0.3) is 11.2 Å². The number of imidazole rings is 1. The maximum absolute atomic E-state index is 12.9. The molecule has 3 rings (SSSR count). The van der Waals surface area contributed by atoms with Crippen LogP contribution < -0.4 is 21.5 Å². The number of carbonyl (C=O) groups is 1. The van der Waals surface area contributed by atoms with E-state index in [1.54, 1.807) is 7.05 Å². The zero-order valence-electron chi connectivity index (χ0n) is 18.4. The van der Waals surface area contributed by atoms with Crippen molar-refractivity contribution in [2.24, 2.45) is 7.05 Å². The minimum atomic E-state index is -5.08. The summed E-state index contributed by atoms with van der Waals surface area (Å²) >= 11 is 0. The molecule has 0 spiro atoms. The number of aliphatic carboxylic acids is 1. The average molecular weight is 460 g/mol. The fourth-order valence-electron chi connectivity index (χ4n) is 3.19. The van der Waals surface area contributed by atoms with E-state index in [4.69, 9.17) is 14.9 Å². The summed E-state index contributed by atoms with van der Waals surface area (Å²) < 4.78 is 36.4. The number of halogens is 3. The Kier molecular flexibility index (Phi) is 7.88. The lowest BCUT2D eigenvalue weighted by Crippen LogP contribution is -2.44. The van der Waals surface area contributed by atoms with Crippen molar-refractivity contribution in [3.05, 3.63) is 32.5 Å². The monoisotopic (exact) mass is 460 g/mol. The molecule has 0 bridgehead atoms. The number of aromatic nitrogens is 4. The van der Waals surface area contributed by atoms with Crippen molar-refractivity contribution in [2.75, 3.05) is 31.1 Å². The largest absolute Gasteiger partial charge is 0.490 e. The van der Waals surface area contributed by atoms with E-state index in [9.17, 15) is 22.8 Å². The summed E-state index contributed by atoms with van der Waals surface area (Å²) in [5.74, 6) is -2.00. The Bertz CT molecular complexity index is 1120. The molecule has 3 heterocycles. The smallest absolute Gasteiger partial charge is 0.475 e. The van der Waals surface area contributed by atoms with Crippen molar-refractivity contribution in [1.82, 2.24) is 24.0 Å². The Morgan fingerprint density at radius 3 is 2.22 bits per heavy atom. The van der Waals surface area contributed by atoms with Gasteiger partial charge in [0.25, 0.3) is 5.56 Å². The van der Waals surface area contributed by atoms with Crippen LogP contribution in [0.5, 0.6) is 0 Å². The van der Waals surface area contributed by atoms with Crippen LogP contribution >= 0.6 is 0 Å². The van der Waals surface area contributed by atoms with Crippen molar-refractivity contribution in [3.63, 3.8) is 0 Å². The van der Waals surface area contributed by atoms with Crippen LogP contribution in [0.2, 0.25) is 0 Å². The molecule has 1 aliphatic heterocycles. The van der Waals surface area contributed by atoms with Gasteiger partial charge in [-0.2, -0.15) is 18.2 Å². The summed E-state index contributed by atoms with van der Waals surface area (Å²) in [6.07, 6.45) is -3.01. The molecule has 0 aromatic carbocycles. The number of carboxylic acids is 1. The van der Waals surface area contributed by atoms with Crippen LogP contribution in [0.1, 0.15) is 20.8 Å². The van der Waals surface area contributed by atoms with Gasteiger partial charge in [0.05, 0.1) is 0 Å². The summed E-state index contributed by atoms with van der Waals surface area (Å²) in [5, 5.41) is 10.5. The molecular weight excluding hydrogens is 433 g/mol. The Morgan fingerprint density at radius 2 is 1.75 bits per heavy atom. The molecule has 0 radical (unpaired) electrons. The molecule has 1 aliphatic rings. The maximum Gasteiger partial charge on any atom is 0.490 e. The lowest BCUT2D eigenvalue weighted by atomic mass is 10.3. The lowest BCUT2D eigenvalue weighted by molar-refractivity contribution is -0.192. The number of alkyl halides is 3. The fourth-order valence-corrected chi connectivity index (χ4v) is 3.19. The van der Waals surface area contributed by atoms with Gasteiger partial charge in [0, 0.05) is 46.3 Å². The minimum absolute atomic E-state index is 0.267. The summed E-state index contributed by atoms with van der Waals surface area (Å²) in [4.78, 5) is 41.1. The summed E-state index contributed by atoms with van der Waals surface area (Å²) in [5.41, 5.74) is 1.54. The van der Waals surface area contributed by atoms with E-state index in [0.717, 1.165) is 32.1 Å². The van der Waals surface area contributed by atoms with E-state index < -0.39 is 12.1 Å². The molecule has 0 atom stereocenters. The van der Waals surface area contributed by atoms with Gasteiger partial charge in [0.1, 0.15) is 0 Å². The predicted molar refractivity (Wildman–Crippen MR) is 113 cm³/mol. The van der Waals surface area contributed by atoms with Gasteiger partial charge in [-0.25, -0.2) is 9.59 Å². The molecule has 1 saturated heterocycles. The molecule has 2 N–H and O–H groups in total. The third-order valence-corrected chi connectivity index (χ3v) is 4.85. The molecule has 10 nitrogen and oxygen atoms in total. The molecule has 178 valence electrons. The number of nitrogens with zero attached hydrogens (tertiary/aromatic N) is 5. The van der Waals surface area contributed by atoms with Gasteiger partial charge in [-0.1, -0.05) is 11.6 Å². The summed E-state index contributed by atoms with van der Waals surface area (Å²) in [6, 6.07) is 0. The first-order valence-electron chi connectivity index (χ1n) is 9.99. The van der Waals surface area contributed by atoms with Crippen molar-refractivity contribution < 1.29 is 23.1 Å². The molecule has 1 fully saturated rings. The number of hydrogen-bond donors (Lipinski definition) is 2. The highest BCUT2D eigenvalue weighted by atomic mass is 19.4. The number of aryl methyl sites for hydroxylation is 1. The average Bonchev–Trinajstić information content (AvgIpc) is 3.11. The van der Waals surface area contributed by atoms with E-state index in [-0.39, 0.29) is 11.2 Å². The maximum atomic E-state index is 12.9. The second-order valence-electron chi connectivity index (χ2n) is 7.41. The Morgan fingerprint density at radius 1 is 1.19 bits per heavy atom. The van der Waals surface area contributed by atoms with Crippen LogP contribution in [0.15, 0.2) is 21.2 Å². The number of piperazine rings is 1. The zero-order chi connectivity index (χ0) is 24.2. The normalized spacial score (nSPS) is 14.2. The highest BCUT2D eigenvalue weighted by Gasteiger charge is 2.38. The van der Waals surface area contributed by atoms with Gasteiger partial charge >= 0.3 is 17.8 Å². The third kappa shape index (κ3) is 5.39. The van der Waals surface area contributed by atoms with Crippen molar-refractivity contribution in [2.45, 2.75) is 40.0 Å². The van der Waals surface area contributed by atoms with Gasteiger partial charge in [-0.05, 0) is 20.8 Å². The Hall–Kier alpha value is -3.09. The number of carboxylic acid groups (broad SMARTS) is 1. The van der Waals surface area contributed by atoms with Gasteiger partial charge in [0.2, 0.25) is 5.95 Å². The Labute approximate surface area is 181 Å². The summed E-state index contributed by atoms with van der Waals surface area (Å²) in [7, 11) is 1.68. The second-order valence-corrected chi connectivity index (χ2v) is 7.41. The van der Waals surface area contributed by atoms with E-state index in [1.165, 1.54) is 14.7 Å². The fraction of sp³-hybridized carbons (Fsp3) is 0.579. The predicted octanol–water partition coefficient (Wildman–Crippen LogP) is 0.926. The lowest BCUT2D eigenvalue weighted by Gasteiger charge is -2.28. The molecule has 13 heteroatoms. The Balaban J connectivity index is 0.000000451. The van der Waals surface area contributed by atoms with Gasteiger partial charge in [0.15, 0.2) is 11.2 Å². The second kappa shape index (κ2) is 10.0. The topological polar surface area (TPSA) is 114 Å². The molecule has 0 unspecified atom stereocenters. The van der Waals surface area contributed by atoms with Crippen molar-refractivity contribution >= 4 is 23.1 Å². The first-order chi connectivity index (χ1) is 14.9. The van der Waals surface area contributed by atoms with Crippen molar-refractivity contribution in [3.8, 4) is 0 Å². The number of rotatable bonds is 4. The first kappa shape index (κ1) is 25.2. The number of hydrogen-bond acceptors (Lipinski definition) is 6. The standard InChI is InChI=1S/C17H26N6O2.C2HF3O2/c1-5-22-15(24)13-14(20(4)17(22)25)19-16(21-10-7-18-8-11-21)23(13)9-6-12(2)3;3-2(4,5)1(6)7/h6,18H,5,7-11H2,1-4H3;(H,6,7). The van der Waals surface area contributed by atoms with Gasteiger partial charge in [-0.3, -0.25) is 13.9 Å². The van der Waals surface area contributed by atoms with Crippen LogP contribution in [-0.2, 0) is 24.9 Å². The quantitative estimate of drug-likeness (QED) is 0.653. The molecular formula is C19H27F3N6O4. The zero-order valence-corrected chi connectivity index (χ0v) is 18.4. The molecule has 0 aliphatic carbocycles. The van der Waals surface area contributed by atoms with Crippen molar-refractivity contribution in [1.29, 1.82) is 0 Å². The van der Waals surface area contributed by atoms with E-state index in [1.807, 2.05) is 25.3 Å². The number of nitrogens with one attached hydrogen (secondary N) is 1. The van der Waals surface area contributed by atoms with Crippen LogP contribution in [0.4, 0.5) is 19.1 Å². The minimum Gasteiger partial charge on any atom is -0.475 e. The first-order valence-corrected chi connectivity index (χ1v) is 9.99. The number of fused-ring (bicyclic) bond motifs is 1. The van der Waals surface area contributed by atoms with E-state index >= 15 is 0 Å². The molecule has 2 aromatic heterocycles. The van der Waals surface area contributed by atoms with E-state index in [2.05, 4.69) is 16.3 Å². The number of allylic oxidation sites excluding steroid dienone is 2. The van der Waals surface area contributed by atoms with Crippen LogP contribution in [0, 0.1) is 0 Å².